The maximum atomic E-state index is 11.0. The molecule has 3 N–H and O–H groups in total. The predicted molar refractivity (Wildman–Crippen MR) is 40.8 cm³/mol. The van der Waals surface area contributed by atoms with Crippen LogP contribution in [0.25, 0.3) is 0 Å². The maximum Gasteiger partial charge on any atom is 0.353 e. The Bertz CT molecular complexity index is 325. The molecular weight excluding hydrogens is 161 g/mol. The number of hydrogen-bond donors (Lipinski definition) is 2. The van der Waals surface area contributed by atoms with Gasteiger partial charge in [-0.25, -0.2) is 9.18 Å². The second-order valence-electron chi connectivity index (χ2n) is 2.32. The summed E-state index contributed by atoms with van der Waals surface area (Å²) in [6, 6.07) is 8.48. The Labute approximate surface area is 67.9 Å². The summed E-state index contributed by atoms with van der Waals surface area (Å²) in [5.74, 6) is -1.63. The predicted octanol–water partition coefficient (Wildman–Crippen LogP) is 0.612. The molecule has 0 aliphatic heterocycles. The van der Waals surface area contributed by atoms with Gasteiger partial charge in [-0.1, -0.05) is 24.3 Å². The van der Waals surface area contributed by atoms with Crippen LogP contribution in [0, 0.1) is 10.4 Å². The minimum absolute atomic E-state index is 1.43. The van der Waals surface area contributed by atoms with Crippen molar-refractivity contribution in [3.63, 3.8) is 0 Å². The fourth-order valence-corrected chi connectivity index (χ4v) is 0.663. The zero-order chi connectivity index (χ0) is 9.14. The second-order valence-corrected chi connectivity index (χ2v) is 2.32. The first-order valence-corrected chi connectivity index (χ1v) is 3.34. The van der Waals surface area contributed by atoms with Gasteiger partial charge in [0.05, 0.1) is 0 Å². The largest absolute Gasteiger partial charge is 0.478 e. The molecule has 0 saturated heterocycles. The molecule has 64 valence electrons. The van der Waals surface area contributed by atoms with Crippen LogP contribution in [0.4, 0.5) is 4.39 Å². The molecule has 0 amide bonds. The van der Waals surface area contributed by atoms with Gasteiger partial charge in [-0.05, 0) is 10.4 Å². The van der Waals surface area contributed by atoms with E-state index in [1.165, 1.54) is 10.4 Å². The monoisotopic (exact) mass is 169 g/mol. The molecule has 0 bridgehead atoms. The molecule has 12 heavy (non-hydrogen) atoms. The number of nitrogens with two attached hydrogens (primary N) is 1. The number of benzene rings is 1. The molecular formula is C8H8FNO2. The lowest BCUT2D eigenvalue weighted by Crippen LogP contribution is -2.23. The molecule has 2 rings (SSSR count). The Morgan fingerprint density at radius 3 is 1.58 bits per heavy atom. The Morgan fingerprint density at radius 2 is 1.58 bits per heavy atom. The molecule has 0 spiro atoms. The average Bonchev–Trinajstić information content (AvgIpc) is 1.97. The van der Waals surface area contributed by atoms with Crippen molar-refractivity contribution in [2.75, 3.05) is 0 Å². The summed E-state index contributed by atoms with van der Waals surface area (Å²) in [6.45, 7) is 0. The number of alkyl halides is 1. The van der Waals surface area contributed by atoms with Crippen molar-refractivity contribution in [2.45, 2.75) is 6.30 Å². The van der Waals surface area contributed by atoms with Gasteiger partial charge < -0.3 is 5.11 Å². The first-order valence-electron chi connectivity index (χ1n) is 3.34. The second kappa shape index (κ2) is 3.32. The minimum Gasteiger partial charge on any atom is -0.478 e. The molecule has 3 nitrogen and oxygen atoms in total. The number of carbonyl (C=O) groups is 1. The molecule has 0 radical (unpaired) electrons. The van der Waals surface area contributed by atoms with Crippen molar-refractivity contribution in [3.8, 4) is 0 Å². The van der Waals surface area contributed by atoms with Crippen LogP contribution in [0.2, 0.25) is 0 Å². The summed E-state index contributed by atoms with van der Waals surface area (Å²) in [7, 11) is 0. The van der Waals surface area contributed by atoms with Gasteiger partial charge in [-0.2, -0.15) is 0 Å². The fourth-order valence-electron chi connectivity index (χ4n) is 0.663. The zero-order valence-electron chi connectivity index (χ0n) is 6.20. The van der Waals surface area contributed by atoms with Crippen molar-refractivity contribution in [1.29, 1.82) is 0 Å². The van der Waals surface area contributed by atoms with E-state index in [1.54, 1.807) is 0 Å². The molecule has 1 unspecified atom stereocenters. The minimum atomic E-state index is -2.23. The normalized spacial score (nSPS) is 12.5. The highest BCUT2D eigenvalue weighted by atomic mass is 19.1. The maximum absolute atomic E-state index is 11.0. The molecule has 0 heterocycles. The lowest BCUT2D eigenvalue weighted by atomic mass is 10.1. The smallest absolute Gasteiger partial charge is 0.353 e. The molecule has 0 aromatic heterocycles. The summed E-state index contributed by atoms with van der Waals surface area (Å²) in [5, 5.41) is 10.3. The molecule has 2 aliphatic carbocycles. The van der Waals surface area contributed by atoms with Gasteiger partial charge in [0, 0.05) is 0 Å². The molecule has 0 saturated carbocycles. The summed E-state index contributed by atoms with van der Waals surface area (Å²) >= 11 is 0. The van der Waals surface area contributed by atoms with E-state index in [4.69, 9.17) is 5.11 Å². The summed E-state index contributed by atoms with van der Waals surface area (Å²) in [4.78, 5) is 9.20. The van der Waals surface area contributed by atoms with Gasteiger partial charge in [-0.3, -0.25) is 5.73 Å². The van der Waals surface area contributed by atoms with Crippen molar-refractivity contribution in [1.82, 2.24) is 0 Å². The van der Waals surface area contributed by atoms with Gasteiger partial charge in [0.2, 0.25) is 6.30 Å². The lowest BCUT2D eigenvalue weighted by molar-refractivity contribution is -0.142. The quantitative estimate of drug-likeness (QED) is 0.615. The lowest BCUT2D eigenvalue weighted by Gasteiger charge is -1.95. The Kier molecular flexibility index (Phi) is 2.40. The number of carboxylic acid groups (broad SMARTS) is 1. The van der Waals surface area contributed by atoms with Crippen LogP contribution >= 0.6 is 0 Å². The standard InChI is InChI=1S/C6H4.C2H4FNO2/c1-2-6-4-3-5(1)6;3-1(4)2(5)6/h1-4H;1H,4H2,(H,5,6). The number of rotatable bonds is 1. The van der Waals surface area contributed by atoms with E-state index >= 15 is 0 Å². The van der Waals surface area contributed by atoms with E-state index in [2.05, 4.69) is 30.0 Å². The van der Waals surface area contributed by atoms with Crippen LogP contribution in [0.5, 0.6) is 0 Å². The van der Waals surface area contributed by atoms with E-state index in [-0.39, 0.29) is 0 Å². The first kappa shape index (κ1) is 8.67. The van der Waals surface area contributed by atoms with Crippen molar-refractivity contribution in [2.24, 2.45) is 5.73 Å². The van der Waals surface area contributed by atoms with Crippen LogP contribution in [-0.4, -0.2) is 17.4 Å². The van der Waals surface area contributed by atoms with E-state index in [9.17, 15) is 9.18 Å². The Morgan fingerprint density at radius 1 is 1.33 bits per heavy atom. The van der Waals surface area contributed by atoms with Gasteiger partial charge in [0.1, 0.15) is 0 Å². The zero-order valence-corrected chi connectivity index (χ0v) is 6.20. The molecule has 0 fully saturated rings. The van der Waals surface area contributed by atoms with Crippen molar-refractivity contribution < 1.29 is 14.3 Å². The number of carboxylic acids is 1. The van der Waals surface area contributed by atoms with E-state index in [0.29, 0.717) is 0 Å². The third-order valence-electron chi connectivity index (χ3n) is 1.45. The number of halogens is 1. The summed E-state index contributed by atoms with van der Waals surface area (Å²) in [6.07, 6.45) is -2.23. The molecule has 0 aromatic rings. The SMILES string of the molecule is NC(F)C(=O)O.c1cc2ccc1=2. The van der Waals surface area contributed by atoms with Crippen LogP contribution in [-0.2, 0) is 4.79 Å². The Hall–Kier alpha value is -1.42. The first-order chi connectivity index (χ1) is 5.61. The third-order valence-corrected chi connectivity index (χ3v) is 1.45. The van der Waals surface area contributed by atoms with E-state index in [0.717, 1.165) is 0 Å². The number of hydrogen-bond acceptors (Lipinski definition) is 2. The average molecular weight is 169 g/mol. The van der Waals surface area contributed by atoms with Gasteiger partial charge in [-0.15, -0.1) is 0 Å². The van der Waals surface area contributed by atoms with Crippen molar-refractivity contribution >= 4 is 5.97 Å². The van der Waals surface area contributed by atoms with E-state index < -0.39 is 12.3 Å². The molecule has 4 heteroatoms. The highest BCUT2D eigenvalue weighted by Gasteiger charge is 2.05. The fraction of sp³-hybridized carbons (Fsp3) is 0.125. The van der Waals surface area contributed by atoms with Crippen LogP contribution in [0.1, 0.15) is 0 Å². The van der Waals surface area contributed by atoms with Gasteiger partial charge in [0.15, 0.2) is 0 Å². The van der Waals surface area contributed by atoms with Crippen LogP contribution < -0.4 is 5.73 Å². The Balaban J connectivity index is 0.000000120. The van der Waals surface area contributed by atoms with Gasteiger partial charge >= 0.3 is 5.97 Å². The highest BCUT2D eigenvalue weighted by Crippen LogP contribution is 2.04. The molecule has 1 atom stereocenters. The summed E-state index contributed by atoms with van der Waals surface area (Å²) in [5.41, 5.74) is 4.17. The van der Waals surface area contributed by atoms with E-state index in [1.807, 2.05) is 0 Å². The molecule has 0 aromatic carbocycles. The van der Waals surface area contributed by atoms with Crippen molar-refractivity contribution in [3.05, 3.63) is 34.7 Å². The van der Waals surface area contributed by atoms with Gasteiger partial charge in [0.25, 0.3) is 0 Å². The summed E-state index contributed by atoms with van der Waals surface area (Å²) < 4.78 is 11.0. The number of aliphatic carboxylic acids is 1. The topological polar surface area (TPSA) is 63.3 Å². The highest BCUT2D eigenvalue weighted by molar-refractivity contribution is 5.71. The van der Waals surface area contributed by atoms with Crippen LogP contribution in [0.3, 0.4) is 0 Å². The third kappa shape index (κ3) is 1.79. The van der Waals surface area contributed by atoms with Crippen LogP contribution in [0.15, 0.2) is 24.3 Å². The molecule has 2 aliphatic rings.